The number of carbonyl (C=O) groups excluding carboxylic acids is 2. The largest absolute Gasteiger partial charge is 0.444 e. The lowest BCUT2D eigenvalue weighted by Gasteiger charge is -2.20. The van der Waals surface area contributed by atoms with Crippen molar-refractivity contribution in [2.45, 2.75) is 37.9 Å². The van der Waals surface area contributed by atoms with Gasteiger partial charge in [-0.15, -0.1) is 0 Å². The molecule has 41 heavy (non-hydrogen) atoms. The van der Waals surface area contributed by atoms with Gasteiger partial charge in [0.25, 0.3) is 10.0 Å². The van der Waals surface area contributed by atoms with Gasteiger partial charge in [0.2, 0.25) is 5.91 Å². The third-order valence-corrected chi connectivity index (χ3v) is 7.46. The molecule has 0 saturated heterocycles. The van der Waals surface area contributed by atoms with Crippen molar-refractivity contribution in [3.63, 3.8) is 0 Å². The maximum Gasteiger partial charge on any atom is 0.412 e. The van der Waals surface area contributed by atoms with E-state index in [1.807, 2.05) is 24.3 Å². The molecule has 0 aliphatic rings. The van der Waals surface area contributed by atoms with Crippen LogP contribution in [0.5, 0.6) is 0 Å². The average Bonchev–Trinajstić information content (AvgIpc) is 3.42. The molecule has 9 nitrogen and oxygen atoms in total. The normalized spacial score (nSPS) is 11.8. The molecule has 3 aromatic carbocycles. The van der Waals surface area contributed by atoms with Gasteiger partial charge in [-0.3, -0.25) is 10.1 Å². The van der Waals surface area contributed by atoms with Crippen molar-refractivity contribution in [3.8, 4) is 11.1 Å². The number of nitrogens with zero attached hydrogens (tertiary/aromatic N) is 1. The number of benzene rings is 3. The molecule has 0 aliphatic carbocycles. The second-order valence-corrected chi connectivity index (χ2v) is 12.0. The molecule has 10 heteroatoms. The van der Waals surface area contributed by atoms with Crippen LogP contribution >= 0.6 is 0 Å². The van der Waals surface area contributed by atoms with E-state index in [9.17, 15) is 23.1 Å². The van der Waals surface area contributed by atoms with Crippen LogP contribution in [-0.2, 0) is 26.2 Å². The van der Waals surface area contributed by atoms with E-state index in [0.29, 0.717) is 16.9 Å². The molecule has 4 rings (SSSR count). The number of aromatic nitrogens is 1. The number of aliphatic hydroxyl groups excluding tert-OH is 1. The van der Waals surface area contributed by atoms with Gasteiger partial charge in [0.15, 0.2) is 0 Å². The Morgan fingerprint density at radius 1 is 0.902 bits per heavy atom. The lowest BCUT2D eigenvalue weighted by molar-refractivity contribution is -0.111. The number of rotatable bonds is 8. The zero-order valence-electron chi connectivity index (χ0n) is 22.9. The van der Waals surface area contributed by atoms with E-state index in [4.69, 9.17) is 4.74 Å². The standard InChI is InChI=1S/C31H31N3O6S/c1-31(2,3)40-30(37)33-28-10-5-4-9-27(28)32-29(36)16-11-22-17-18-34(20-22)41(38,39)26-14-12-24(13-15-26)25-8-6-7-23(19-25)21-35/h4-20,35H,21H2,1-3H3,(H,32,36)(H,33,37). The van der Waals surface area contributed by atoms with E-state index in [1.165, 1.54) is 36.7 Å². The predicted octanol–water partition coefficient (Wildman–Crippen LogP) is 5.88. The fourth-order valence-corrected chi connectivity index (χ4v) is 5.10. The Labute approximate surface area is 239 Å². The third-order valence-electron chi connectivity index (χ3n) is 5.81. The molecule has 0 aliphatic heterocycles. The van der Waals surface area contributed by atoms with Crippen molar-refractivity contribution < 1.29 is 27.9 Å². The van der Waals surface area contributed by atoms with Crippen molar-refractivity contribution in [1.29, 1.82) is 0 Å². The SMILES string of the molecule is CC(C)(C)OC(=O)Nc1ccccc1NC(=O)C=Cc1ccn(S(=O)(=O)c2ccc(-c3cccc(CO)c3)cc2)c1. The van der Waals surface area contributed by atoms with Crippen molar-refractivity contribution in [3.05, 3.63) is 108 Å². The fraction of sp³-hybridized carbons (Fsp3) is 0.161. The van der Waals surface area contributed by atoms with Gasteiger partial charge in [-0.2, -0.15) is 0 Å². The molecular weight excluding hydrogens is 542 g/mol. The van der Waals surface area contributed by atoms with Crippen LogP contribution in [0.3, 0.4) is 0 Å². The van der Waals surface area contributed by atoms with Crippen LogP contribution in [0.15, 0.2) is 102 Å². The Kier molecular flexibility index (Phi) is 8.75. The summed E-state index contributed by atoms with van der Waals surface area (Å²) < 4.78 is 32.7. The average molecular weight is 574 g/mol. The first-order valence-corrected chi connectivity index (χ1v) is 14.2. The first-order chi connectivity index (χ1) is 19.4. The van der Waals surface area contributed by atoms with Crippen LogP contribution in [0.25, 0.3) is 17.2 Å². The number of para-hydroxylation sites is 2. The van der Waals surface area contributed by atoms with E-state index >= 15 is 0 Å². The van der Waals surface area contributed by atoms with Gasteiger partial charge >= 0.3 is 6.09 Å². The zero-order valence-corrected chi connectivity index (χ0v) is 23.7. The highest BCUT2D eigenvalue weighted by Gasteiger charge is 2.18. The summed E-state index contributed by atoms with van der Waals surface area (Å²) in [7, 11) is -3.86. The third kappa shape index (κ3) is 7.71. The van der Waals surface area contributed by atoms with Crippen LogP contribution in [0, 0.1) is 0 Å². The summed E-state index contributed by atoms with van der Waals surface area (Å²) in [5.41, 5.74) is 3.03. The molecule has 0 atom stereocenters. The summed E-state index contributed by atoms with van der Waals surface area (Å²) in [6.07, 6.45) is 4.93. The number of hydrogen-bond acceptors (Lipinski definition) is 6. The molecule has 0 unspecified atom stereocenters. The molecule has 212 valence electrons. The maximum atomic E-state index is 13.2. The number of nitrogens with one attached hydrogen (secondary N) is 2. The van der Waals surface area contributed by atoms with Crippen LogP contribution in [0.2, 0.25) is 0 Å². The highest BCUT2D eigenvalue weighted by atomic mass is 32.2. The van der Waals surface area contributed by atoms with Gasteiger partial charge in [-0.25, -0.2) is 17.2 Å². The molecule has 1 aromatic heterocycles. The fourth-order valence-electron chi connectivity index (χ4n) is 3.89. The first kappa shape index (κ1) is 29.3. The van der Waals surface area contributed by atoms with Crippen LogP contribution in [0.4, 0.5) is 16.2 Å². The predicted molar refractivity (Wildman–Crippen MR) is 159 cm³/mol. The Balaban J connectivity index is 1.43. The molecule has 0 spiro atoms. The van der Waals surface area contributed by atoms with E-state index in [2.05, 4.69) is 10.6 Å². The van der Waals surface area contributed by atoms with Gasteiger partial charge in [0, 0.05) is 18.5 Å². The first-order valence-electron chi connectivity index (χ1n) is 12.8. The molecule has 0 fully saturated rings. The van der Waals surface area contributed by atoms with Crippen LogP contribution < -0.4 is 10.6 Å². The number of aliphatic hydroxyl groups is 1. The highest BCUT2D eigenvalue weighted by molar-refractivity contribution is 7.90. The molecule has 2 amide bonds. The van der Waals surface area contributed by atoms with Crippen molar-refractivity contribution in [2.75, 3.05) is 10.6 Å². The molecule has 0 radical (unpaired) electrons. The van der Waals surface area contributed by atoms with E-state index in [1.54, 1.807) is 63.2 Å². The summed E-state index contributed by atoms with van der Waals surface area (Å²) in [5.74, 6) is -0.472. The quantitative estimate of drug-likeness (QED) is 0.226. The smallest absolute Gasteiger partial charge is 0.412 e. The molecule has 3 N–H and O–H groups in total. The lowest BCUT2D eigenvalue weighted by Crippen LogP contribution is -2.27. The van der Waals surface area contributed by atoms with E-state index < -0.39 is 27.6 Å². The minimum Gasteiger partial charge on any atom is -0.444 e. The summed E-state index contributed by atoms with van der Waals surface area (Å²) in [6, 6.07) is 22.1. The second kappa shape index (κ2) is 12.2. The van der Waals surface area contributed by atoms with E-state index in [-0.39, 0.29) is 11.5 Å². The summed E-state index contributed by atoms with van der Waals surface area (Å²) in [4.78, 5) is 24.8. The maximum absolute atomic E-state index is 13.2. The van der Waals surface area contributed by atoms with E-state index in [0.717, 1.165) is 20.7 Å². The number of ether oxygens (including phenoxy) is 1. The number of amides is 2. The minimum absolute atomic E-state index is 0.0784. The second-order valence-electron chi connectivity index (χ2n) is 10.2. The molecule has 4 aromatic rings. The Morgan fingerprint density at radius 3 is 2.24 bits per heavy atom. The van der Waals surface area contributed by atoms with Crippen LogP contribution in [-0.4, -0.2) is 35.1 Å². The molecule has 0 bridgehead atoms. The topological polar surface area (TPSA) is 127 Å². The summed E-state index contributed by atoms with van der Waals surface area (Å²) >= 11 is 0. The Morgan fingerprint density at radius 2 is 1.59 bits per heavy atom. The summed E-state index contributed by atoms with van der Waals surface area (Å²) in [5, 5.41) is 14.7. The number of carbonyl (C=O) groups is 2. The zero-order chi connectivity index (χ0) is 29.6. The van der Waals surface area contributed by atoms with Crippen LogP contribution in [0.1, 0.15) is 31.9 Å². The minimum atomic E-state index is -3.86. The van der Waals surface area contributed by atoms with Gasteiger partial charge in [-0.1, -0.05) is 42.5 Å². The Hall–Kier alpha value is -4.67. The van der Waals surface area contributed by atoms with Gasteiger partial charge < -0.3 is 15.2 Å². The van der Waals surface area contributed by atoms with Crippen molar-refractivity contribution >= 4 is 39.5 Å². The molecule has 0 saturated carbocycles. The number of anilines is 2. The van der Waals surface area contributed by atoms with Crippen molar-refractivity contribution in [1.82, 2.24) is 3.97 Å². The monoisotopic (exact) mass is 573 g/mol. The lowest BCUT2D eigenvalue weighted by atomic mass is 10.0. The highest BCUT2D eigenvalue weighted by Crippen LogP contribution is 2.25. The van der Waals surface area contributed by atoms with Gasteiger partial charge in [-0.05, 0) is 85.5 Å². The summed E-state index contributed by atoms with van der Waals surface area (Å²) in [6.45, 7) is 5.17. The van der Waals surface area contributed by atoms with Crippen molar-refractivity contribution in [2.24, 2.45) is 0 Å². The van der Waals surface area contributed by atoms with Gasteiger partial charge in [0.1, 0.15) is 5.60 Å². The molecular formula is C31H31N3O6S. The van der Waals surface area contributed by atoms with Gasteiger partial charge in [0.05, 0.1) is 22.9 Å². The Bertz CT molecular complexity index is 1680. The number of hydrogen-bond donors (Lipinski definition) is 3. The molecule has 1 heterocycles.